The van der Waals surface area contributed by atoms with E-state index in [0.717, 1.165) is 42.7 Å². The molecule has 0 saturated carbocycles. The van der Waals surface area contributed by atoms with E-state index in [1.165, 1.54) is 0 Å². The zero-order valence-electron chi connectivity index (χ0n) is 15.5. The number of nitrogens with zero attached hydrogens (tertiary/aromatic N) is 2. The third kappa shape index (κ3) is 4.24. The first-order chi connectivity index (χ1) is 13.7. The highest BCUT2D eigenvalue weighted by Crippen LogP contribution is 2.28. The van der Waals surface area contributed by atoms with E-state index < -0.39 is 0 Å². The van der Waals surface area contributed by atoms with E-state index in [0.29, 0.717) is 18.1 Å². The van der Waals surface area contributed by atoms with Crippen molar-refractivity contribution in [2.75, 3.05) is 43.6 Å². The van der Waals surface area contributed by atoms with Crippen LogP contribution in [0.2, 0.25) is 0 Å². The first-order valence-electron chi connectivity index (χ1n) is 9.00. The Labute approximate surface area is 166 Å². The lowest BCUT2D eigenvalue weighted by molar-refractivity contribution is 0.0987. The van der Waals surface area contributed by atoms with Gasteiger partial charge in [-0.05, 0) is 24.3 Å². The monoisotopic (exact) mass is 399 g/mol. The van der Waals surface area contributed by atoms with Crippen LogP contribution in [0.5, 0.6) is 0 Å². The molecule has 1 aliphatic rings. The molecule has 3 heterocycles. The van der Waals surface area contributed by atoms with Crippen molar-refractivity contribution >= 4 is 28.1 Å². The van der Waals surface area contributed by atoms with Gasteiger partial charge in [0.15, 0.2) is 10.9 Å². The van der Waals surface area contributed by atoms with Gasteiger partial charge in [-0.25, -0.2) is 4.98 Å². The molecule has 1 N–H and O–H groups in total. The van der Waals surface area contributed by atoms with E-state index in [2.05, 4.69) is 15.6 Å². The number of furan rings is 1. The number of ether oxygens (including phenoxy) is 2. The van der Waals surface area contributed by atoms with E-state index in [-0.39, 0.29) is 11.7 Å². The van der Waals surface area contributed by atoms with Gasteiger partial charge < -0.3 is 24.1 Å². The average Bonchev–Trinajstić information content (AvgIpc) is 3.40. The van der Waals surface area contributed by atoms with Crippen LogP contribution in [0.25, 0.3) is 11.3 Å². The Kier molecular flexibility index (Phi) is 5.70. The number of methoxy groups -OCH3 is 1. The van der Waals surface area contributed by atoms with Gasteiger partial charge in [-0.15, -0.1) is 11.3 Å². The van der Waals surface area contributed by atoms with Crippen LogP contribution >= 0.6 is 11.3 Å². The molecule has 1 aromatic carbocycles. The van der Waals surface area contributed by atoms with Crippen LogP contribution in [-0.2, 0) is 16.1 Å². The minimum Gasteiger partial charge on any atom is -0.453 e. The second-order valence-corrected chi connectivity index (χ2v) is 7.18. The van der Waals surface area contributed by atoms with Crippen LogP contribution in [0.3, 0.4) is 0 Å². The van der Waals surface area contributed by atoms with Crippen LogP contribution in [0.1, 0.15) is 16.3 Å². The van der Waals surface area contributed by atoms with Crippen LogP contribution in [0, 0.1) is 0 Å². The van der Waals surface area contributed by atoms with Crippen LogP contribution in [0.15, 0.2) is 46.2 Å². The van der Waals surface area contributed by atoms with Gasteiger partial charge in [0.05, 0.1) is 18.9 Å². The SMILES string of the molecule is COCc1ccc(C(=O)Nc2ccc(-c3csc(N4CCOCC4)n3)cc2)o1. The van der Waals surface area contributed by atoms with Crippen molar-refractivity contribution in [2.45, 2.75) is 6.61 Å². The number of morpholine rings is 1. The number of carbonyl (C=O) groups excluding carboxylic acids is 1. The van der Waals surface area contributed by atoms with Gasteiger partial charge in [0.25, 0.3) is 5.91 Å². The number of hydrogen-bond donors (Lipinski definition) is 1. The average molecular weight is 399 g/mol. The number of amides is 1. The number of nitrogens with one attached hydrogen (secondary N) is 1. The van der Waals surface area contributed by atoms with Gasteiger partial charge in [0, 0.05) is 36.8 Å². The Hall–Kier alpha value is -2.68. The molecule has 1 aliphatic heterocycles. The fraction of sp³-hybridized carbons (Fsp3) is 0.300. The van der Waals surface area contributed by atoms with Gasteiger partial charge in [-0.2, -0.15) is 0 Å². The zero-order valence-corrected chi connectivity index (χ0v) is 16.3. The summed E-state index contributed by atoms with van der Waals surface area (Å²) < 4.78 is 15.8. The van der Waals surface area contributed by atoms with Crippen molar-refractivity contribution in [3.05, 3.63) is 53.3 Å². The number of thiazole rings is 1. The molecule has 1 fully saturated rings. The molecule has 1 saturated heterocycles. The summed E-state index contributed by atoms with van der Waals surface area (Å²) in [6.07, 6.45) is 0. The lowest BCUT2D eigenvalue weighted by Crippen LogP contribution is -2.36. The maximum Gasteiger partial charge on any atom is 0.291 e. The maximum absolute atomic E-state index is 12.3. The molecule has 0 atom stereocenters. The molecule has 0 unspecified atom stereocenters. The summed E-state index contributed by atoms with van der Waals surface area (Å²) in [5, 5.41) is 5.90. The normalized spacial score (nSPS) is 14.2. The second kappa shape index (κ2) is 8.55. The predicted molar refractivity (Wildman–Crippen MR) is 108 cm³/mol. The maximum atomic E-state index is 12.3. The van der Waals surface area contributed by atoms with Crippen molar-refractivity contribution < 1.29 is 18.7 Å². The lowest BCUT2D eigenvalue weighted by Gasteiger charge is -2.26. The molecule has 2 aromatic heterocycles. The van der Waals surface area contributed by atoms with Crippen molar-refractivity contribution in [1.29, 1.82) is 0 Å². The summed E-state index contributed by atoms with van der Waals surface area (Å²) >= 11 is 1.64. The van der Waals surface area contributed by atoms with Crippen LogP contribution in [0.4, 0.5) is 10.8 Å². The highest BCUT2D eigenvalue weighted by molar-refractivity contribution is 7.14. The van der Waals surface area contributed by atoms with Gasteiger partial charge >= 0.3 is 0 Å². The summed E-state index contributed by atoms with van der Waals surface area (Å²) in [5.74, 6) is 0.576. The number of anilines is 2. The summed E-state index contributed by atoms with van der Waals surface area (Å²) in [6.45, 7) is 3.56. The molecule has 0 bridgehead atoms. The highest BCUT2D eigenvalue weighted by Gasteiger charge is 2.15. The predicted octanol–water partition coefficient (Wildman–Crippen LogP) is 3.64. The minimum atomic E-state index is -0.293. The molecule has 3 aromatic rings. The molecule has 8 heteroatoms. The summed E-state index contributed by atoms with van der Waals surface area (Å²) in [5.41, 5.74) is 2.64. The first-order valence-corrected chi connectivity index (χ1v) is 9.88. The zero-order chi connectivity index (χ0) is 19.3. The van der Waals surface area contributed by atoms with E-state index in [1.807, 2.05) is 24.3 Å². The fourth-order valence-corrected chi connectivity index (χ4v) is 3.82. The van der Waals surface area contributed by atoms with Gasteiger partial charge in [-0.1, -0.05) is 12.1 Å². The highest BCUT2D eigenvalue weighted by atomic mass is 32.1. The molecule has 0 spiro atoms. The van der Waals surface area contributed by atoms with Crippen molar-refractivity contribution in [2.24, 2.45) is 0 Å². The fourth-order valence-electron chi connectivity index (χ4n) is 2.93. The van der Waals surface area contributed by atoms with Gasteiger partial charge in [-0.3, -0.25) is 4.79 Å². The second-order valence-electron chi connectivity index (χ2n) is 6.35. The van der Waals surface area contributed by atoms with Gasteiger partial charge in [0.2, 0.25) is 0 Å². The Bertz CT molecular complexity index is 929. The molecule has 0 radical (unpaired) electrons. The molecule has 7 nitrogen and oxygen atoms in total. The third-order valence-electron chi connectivity index (χ3n) is 4.38. The number of rotatable bonds is 6. The number of aromatic nitrogens is 1. The Balaban J connectivity index is 1.40. The van der Waals surface area contributed by atoms with Crippen LogP contribution in [-0.4, -0.2) is 44.3 Å². The van der Waals surface area contributed by atoms with E-state index in [1.54, 1.807) is 30.6 Å². The smallest absolute Gasteiger partial charge is 0.291 e. The number of hydrogen-bond acceptors (Lipinski definition) is 7. The standard InChI is InChI=1S/C20H21N3O4S/c1-25-12-16-6-7-18(27-16)19(24)21-15-4-2-14(3-5-15)17-13-28-20(22-17)23-8-10-26-11-9-23/h2-7,13H,8-12H2,1H3,(H,21,24). The lowest BCUT2D eigenvalue weighted by atomic mass is 10.1. The van der Waals surface area contributed by atoms with Crippen molar-refractivity contribution in [1.82, 2.24) is 4.98 Å². The van der Waals surface area contributed by atoms with Crippen molar-refractivity contribution in [3.63, 3.8) is 0 Å². The van der Waals surface area contributed by atoms with E-state index in [9.17, 15) is 4.79 Å². The van der Waals surface area contributed by atoms with Crippen molar-refractivity contribution in [3.8, 4) is 11.3 Å². The number of benzene rings is 1. The largest absolute Gasteiger partial charge is 0.453 e. The van der Waals surface area contributed by atoms with E-state index >= 15 is 0 Å². The molecule has 146 valence electrons. The Morgan fingerprint density at radius 1 is 1.21 bits per heavy atom. The summed E-state index contributed by atoms with van der Waals surface area (Å²) in [4.78, 5) is 19.3. The van der Waals surface area contributed by atoms with Gasteiger partial charge in [0.1, 0.15) is 12.4 Å². The topological polar surface area (TPSA) is 76.8 Å². The molecule has 28 heavy (non-hydrogen) atoms. The Morgan fingerprint density at radius 2 is 2.00 bits per heavy atom. The molecule has 4 rings (SSSR count). The van der Waals surface area contributed by atoms with E-state index in [4.69, 9.17) is 18.9 Å². The Morgan fingerprint density at radius 3 is 2.75 bits per heavy atom. The molecular weight excluding hydrogens is 378 g/mol. The van der Waals surface area contributed by atoms with Crippen LogP contribution < -0.4 is 10.2 Å². The third-order valence-corrected chi connectivity index (χ3v) is 5.29. The first kappa shape index (κ1) is 18.7. The number of carbonyl (C=O) groups is 1. The summed E-state index contributed by atoms with van der Waals surface area (Å²) in [7, 11) is 1.58. The molecule has 0 aliphatic carbocycles. The quantitative estimate of drug-likeness (QED) is 0.682. The minimum absolute atomic E-state index is 0.255. The summed E-state index contributed by atoms with van der Waals surface area (Å²) in [6, 6.07) is 11.0. The molecular formula is C20H21N3O4S. The molecule has 1 amide bonds.